The van der Waals surface area contributed by atoms with Gasteiger partial charge in [-0.1, -0.05) is 13.8 Å². The average Bonchev–Trinajstić information content (AvgIpc) is 2.88. The molecule has 1 N–H and O–H groups in total. The SMILES string of the molecule is CCCNC(c1ccnc(C)c1)c1ccnn1CCC. The lowest BCUT2D eigenvalue weighted by molar-refractivity contribution is 0.511. The van der Waals surface area contributed by atoms with Gasteiger partial charge in [0.15, 0.2) is 0 Å². The summed E-state index contributed by atoms with van der Waals surface area (Å²) in [4.78, 5) is 4.29. The highest BCUT2D eigenvalue weighted by atomic mass is 15.3. The lowest BCUT2D eigenvalue weighted by atomic mass is 10.0. The molecular formula is C16H24N4. The summed E-state index contributed by atoms with van der Waals surface area (Å²) in [6.07, 6.45) is 5.97. The van der Waals surface area contributed by atoms with Crippen molar-refractivity contribution >= 4 is 0 Å². The Morgan fingerprint density at radius 2 is 2.05 bits per heavy atom. The summed E-state index contributed by atoms with van der Waals surface area (Å²) in [6.45, 7) is 8.34. The maximum absolute atomic E-state index is 4.44. The van der Waals surface area contributed by atoms with Crippen LogP contribution in [-0.2, 0) is 6.54 Å². The van der Waals surface area contributed by atoms with Crippen LogP contribution in [0.25, 0.3) is 0 Å². The van der Waals surface area contributed by atoms with E-state index in [-0.39, 0.29) is 6.04 Å². The van der Waals surface area contributed by atoms with Crippen molar-refractivity contribution in [1.82, 2.24) is 20.1 Å². The summed E-state index contributed by atoms with van der Waals surface area (Å²) in [5.74, 6) is 0. The van der Waals surface area contributed by atoms with Gasteiger partial charge in [-0.15, -0.1) is 0 Å². The monoisotopic (exact) mass is 272 g/mol. The predicted octanol–water partition coefficient (Wildman–Crippen LogP) is 3.09. The number of aryl methyl sites for hydroxylation is 2. The number of aromatic nitrogens is 3. The van der Waals surface area contributed by atoms with Gasteiger partial charge in [0.2, 0.25) is 0 Å². The first-order valence-electron chi connectivity index (χ1n) is 7.43. The van der Waals surface area contributed by atoms with Gasteiger partial charge in [0.05, 0.1) is 11.7 Å². The van der Waals surface area contributed by atoms with Crippen LogP contribution in [0.1, 0.15) is 49.7 Å². The summed E-state index contributed by atoms with van der Waals surface area (Å²) in [6, 6.07) is 6.53. The van der Waals surface area contributed by atoms with Gasteiger partial charge in [0.25, 0.3) is 0 Å². The molecule has 0 aliphatic carbocycles. The molecule has 2 heterocycles. The predicted molar refractivity (Wildman–Crippen MR) is 81.6 cm³/mol. The highest BCUT2D eigenvalue weighted by Crippen LogP contribution is 2.22. The fourth-order valence-corrected chi connectivity index (χ4v) is 2.42. The Morgan fingerprint density at radius 3 is 2.75 bits per heavy atom. The number of pyridine rings is 1. The number of nitrogens with zero attached hydrogens (tertiary/aromatic N) is 3. The van der Waals surface area contributed by atoms with E-state index < -0.39 is 0 Å². The highest BCUT2D eigenvalue weighted by molar-refractivity contribution is 5.27. The van der Waals surface area contributed by atoms with Gasteiger partial charge in [0, 0.05) is 24.6 Å². The van der Waals surface area contributed by atoms with E-state index in [0.29, 0.717) is 0 Å². The summed E-state index contributed by atoms with van der Waals surface area (Å²) < 4.78 is 2.10. The molecule has 4 heteroatoms. The highest BCUT2D eigenvalue weighted by Gasteiger charge is 2.17. The number of hydrogen-bond donors (Lipinski definition) is 1. The topological polar surface area (TPSA) is 42.7 Å². The van der Waals surface area contributed by atoms with E-state index in [9.17, 15) is 0 Å². The Morgan fingerprint density at radius 1 is 1.20 bits per heavy atom. The van der Waals surface area contributed by atoms with Gasteiger partial charge in [0.1, 0.15) is 0 Å². The maximum Gasteiger partial charge on any atom is 0.0749 e. The molecule has 0 spiro atoms. The summed E-state index contributed by atoms with van der Waals surface area (Å²) in [5.41, 5.74) is 3.53. The molecular weight excluding hydrogens is 248 g/mol. The van der Waals surface area contributed by atoms with Crippen molar-refractivity contribution in [2.45, 2.75) is 46.2 Å². The maximum atomic E-state index is 4.44. The van der Waals surface area contributed by atoms with Crippen molar-refractivity contribution in [3.05, 3.63) is 47.5 Å². The first-order valence-corrected chi connectivity index (χ1v) is 7.43. The van der Waals surface area contributed by atoms with Gasteiger partial charge in [-0.2, -0.15) is 5.10 Å². The van der Waals surface area contributed by atoms with E-state index in [4.69, 9.17) is 0 Å². The Balaban J connectivity index is 2.33. The molecule has 2 aromatic heterocycles. The van der Waals surface area contributed by atoms with Crippen molar-refractivity contribution in [1.29, 1.82) is 0 Å². The minimum Gasteiger partial charge on any atom is -0.305 e. The summed E-state index contributed by atoms with van der Waals surface area (Å²) in [5, 5.41) is 8.07. The van der Waals surface area contributed by atoms with E-state index in [0.717, 1.165) is 31.6 Å². The Kier molecular flexibility index (Phi) is 5.30. The molecule has 2 rings (SSSR count). The lowest BCUT2D eigenvalue weighted by Crippen LogP contribution is -2.26. The second-order valence-corrected chi connectivity index (χ2v) is 5.10. The van der Waals surface area contributed by atoms with Gasteiger partial charge in [-0.3, -0.25) is 9.67 Å². The quantitative estimate of drug-likeness (QED) is 0.842. The summed E-state index contributed by atoms with van der Waals surface area (Å²) >= 11 is 0. The smallest absolute Gasteiger partial charge is 0.0749 e. The molecule has 0 fully saturated rings. The van der Waals surface area contributed by atoms with Crippen molar-refractivity contribution in [2.24, 2.45) is 0 Å². The molecule has 0 bridgehead atoms. The molecule has 0 amide bonds. The number of rotatable bonds is 7. The van der Waals surface area contributed by atoms with Crippen LogP contribution >= 0.6 is 0 Å². The van der Waals surface area contributed by atoms with E-state index in [1.54, 1.807) is 0 Å². The Bertz CT molecular complexity index is 533. The molecule has 108 valence electrons. The van der Waals surface area contributed by atoms with Gasteiger partial charge in [-0.25, -0.2) is 0 Å². The zero-order chi connectivity index (χ0) is 14.4. The van der Waals surface area contributed by atoms with Crippen molar-refractivity contribution in [3.8, 4) is 0 Å². The zero-order valence-corrected chi connectivity index (χ0v) is 12.6. The molecule has 4 nitrogen and oxygen atoms in total. The first-order chi connectivity index (χ1) is 9.76. The second kappa shape index (κ2) is 7.20. The van der Waals surface area contributed by atoms with E-state index in [2.05, 4.69) is 52.1 Å². The lowest BCUT2D eigenvalue weighted by Gasteiger charge is -2.20. The zero-order valence-electron chi connectivity index (χ0n) is 12.6. The molecule has 2 aromatic rings. The molecule has 1 unspecified atom stereocenters. The Hall–Kier alpha value is -1.68. The molecule has 0 aliphatic rings. The van der Waals surface area contributed by atoms with Crippen LogP contribution < -0.4 is 5.32 Å². The molecule has 0 saturated heterocycles. The number of nitrogens with one attached hydrogen (secondary N) is 1. The summed E-state index contributed by atoms with van der Waals surface area (Å²) in [7, 11) is 0. The van der Waals surface area contributed by atoms with E-state index >= 15 is 0 Å². The minimum absolute atomic E-state index is 0.186. The van der Waals surface area contributed by atoms with E-state index in [1.165, 1.54) is 11.3 Å². The van der Waals surface area contributed by atoms with Crippen molar-refractivity contribution in [3.63, 3.8) is 0 Å². The van der Waals surface area contributed by atoms with Crippen molar-refractivity contribution in [2.75, 3.05) is 6.54 Å². The van der Waals surface area contributed by atoms with Crippen LogP contribution in [0.4, 0.5) is 0 Å². The van der Waals surface area contributed by atoms with Crippen LogP contribution in [0, 0.1) is 6.92 Å². The third-order valence-corrected chi connectivity index (χ3v) is 3.33. The van der Waals surface area contributed by atoms with Gasteiger partial charge >= 0.3 is 0 Å². The van der Waals surface area contributed by atoms with Crippen LogP contribution in [0.3, 0.4) is 0 Å². The first kappa shape index (κ1) is 14.7. The van der Waals surface area contributed by atoms with Crippen molar-refractivity contribution < 1.29 is 0 Å². The molecule has 0 aliphatic heterocycles. The van der Waals surface area contributed by atoms with Gasteiger partial charge in [-0.05, 0) is 50.1 Å². The molecule has 0 aromatic carbocycles. The van der Waals surface area contributed by atoms with Crippen LogP contribution in [0.15, 0.2) is 30.6 Å². The van der Waals surface area contributed by atoms with Crippen LogP contribution in [0.2, 0.25) is 0 Å². The number of hydrogen-bond acceptors (Lipinski definition) is 3. The Labute approximate surface area is 121 Å². The second-order valence-electron chi connectivity index (χ2n) is 5.10. The normalized spacial score (nSPS) is 12.6. The average molecular weight is 272 g/mol. The van der Waals surface area contributed by atoms with Gasteiger partial charge < -0.3 is 5.32 Å². The fraction of sp³-hybridized carbons (Fsp3) is 0.500. The molecule has 20 heavy (non-hydrogen) atoms. The van der Waals surface area contributed by atoms with Crippen LogP contribution in [0.5, 0.6) is 0 Å². The molecule has 0 radical (unpaired) electrons. The largest absolute Gasteiger partial charge is 0.305 e. The minimum atomic E-state index is 0.186. The van der Waals surface area contributed by atoms with E-state index in [1.807, 2.05) is 19.3 Å². The fourth-order valence-electron chi connectivity index (χ4n) is 2.42. The third kappa shape index (κ3) is 3.45. The molecule has 1 atom stereocenters. The molecule has 0 saturated carbocycles. The van der Waals surface area contributed by atoms with Crippen LogP contribution in [-0.4, -0.2) is 21.3 Å². The standard InChI is InChI=1S/C16H24N4/c1-4-8-18-16(14-6-9-17-13(3)12-14)15-7-10-19-20(15)11-5-2/h6-7,9-10,12,16,18H,4-5,8,11H2,1-3H3. The third-order valence-electron chi connectivity index (χ3n) is 3.33.